The first-order valence-corrected chi connectivity index (χ1v) is 8.23. The Bertz CT molecular complexity index is 815. The molecule has 1 unspecified atom stereocenters. The van der Waals surface area contributed by atoms with Gasteiger partial charge in [0.05, 0.1) is 25.5 Å². The number of ether oxygens (including phenoxy) is 2. The van der Waals surface area contributed by atoms with E-state index >= 15 is 0 Å². The fourth-order valence-corrected chi connectivity index (χ4v) is 2.96. The second-order valence-electron chi connectivity index (χ2n) is 5.96. The molecule has 2 aromatic carbocycles. The van der Waals surface area contributed by atoms with Crippen molar-refractivity contribution in [1.82, 2.24) is 5.32 Å². The maximum absolute atomic E-state index is 12.8. The fourth-order valence-electron chi connectivity index (χ4n) is 2.96. The number of hydrogen-bond donors (Lipinski definition) is 2. The van der Waals surface area contributed by atoms with Gasteiger partial charge in [-0.05, 0) is 18.6 Å². The van der Waals surface area contributed by atoms with Crippen LogP contribution in [-0.2, 0) is 4.79 Å². The third kappa shape index (κ3) is 3.42. The van der Waals surface area contributed by atoms with Crippen LogP contribution < -0.4 is 25.4 Å². The molecule has 26 heavy (non-hydrogen) atoms. The Morgan fingerprint density at radius 1 is 1.15 bits per heavy atom. The Hall–Kier alpha value is -3.22. The first-order valence-electron chi connectivity index (χ1n) is 8.23. The minimum atomic E-state index is -0.598. The fraction of sp³-hybridized carbons (Fsp3) is 0.263. The highest BCUT2D eigenvalue weighted by atomic mass is 16.5. The van der Waals surface area contributed by atoms with Crippen molar-refractivity contribution < 1.29 is 19.1 Å². The summed E-state index contributed by atoms with van der Waals surface area (Å²) >= 11 is 0. The summed E-state index contributed by atoms with van der Waals surface area (Å²) in [5.41, 5.74) is 7.24. The summed E-state index contributed by atoms with van der Waals surface area (Å²) in [4.78, 5) is 26.8. The van der Waals surface area contributed by atoms with Crippen LogP contribution in [0, 0.1) is 0 Å². The van der Waals surface area contributed by atoms with Crippen LogP contribution in [0.15, 0.2) is 42.5 Å². The van der Waals surface area contributed by atoms with E-state index < -0.39 is 6.04 Å². The number of nitrogens with one attached hydrogen (secondary N) is 1. The van der Waals surface area contributed by atoms with E-state index in [2.05, 4.69) is 5.32 Å². The van der Waals surface area contributed by atoms with Crippen LogP contribution in [0.4, 0.5) is 11.4 Å². The smallest absolute Gasteiger partial charge is 0.254 e. The van der Waals surface area contributed by atoms with E-state index in [1.807, 2.05) is 0 Å². The topological polar surface area (TPSA) is 93.9 Å². The third-order valence-corrected chi connectivity index (χ3v) is 4.36. The van der Waals surface area contributed by atoms with Crippen LogP contribution >= 0.6 is 0 Å². The molecule has 1 saturated heterocycles. The van der Waals surface area contributed by atoms with E-state index in [0.29, 0.717) is 41.4 Å². The highest BCUT2D eigenvalue weighted by molar-refractivity contribution is 6.05. The maximum atomic E-state index is 12.8. The van der Waals surface area contributed by atoms with Crippen LogP contribution in [0.2, 0.25) is 0 Å². The Morgan fingerprint density at radius 3 is 2.42 bits per heavy atom. The lowest BCUT2D eigenvalue weighted by molar-refractivity contribution is -0.118. The molecule has 1 aliphatic heterocycles. The molecular formula is C19H21N3O4. The van der Waals surface area contributed by atoms with E-state index in [9.17, 15) is 9.59 Å². The molecule has 3 rings (SSSR count). The molecule has 2 amide bonds. The molecule has 1 fully saturated rings. The number of amides is 2. The zero-order chi connectivity index (χ0) is 18.7. The monoisotopic (exact) mass is 355 g/mol. The summed E-state index contributed by atoms with van der Waals surface area (Å²) in [5.74, 6) is 0.656. The lowest BCUT2D eigenvalue weighted by Gasteiger charge is -2.19. The predicted molar refractivity (Wildman–Crippen MR) is 98.6 cm³/mol. The molecule has 0 radical (unpaired) electrons. The van der Waals surface area contributed by atoms with E-state index in [0.717, 1.165) is 0 Å². The molecule has 2 aromatic rings. The zero-order valence-electron chi connectivity index (χ0n) is 14.7. The van der Waals surface area contributed by atoms with Crippen LogP contribution in [0.5, 0.6) is 11.5 Å². The van der Waals surface area contributed by atoms with Crippen LogP contribution in [-0.4, -0.2) is 38.6 Å². The average molecular weight is 355 g/mol. The molecule has 0 spiro atoms. The van der Waals surface area contributed by atoms with Crippen molar-refractivity contribution in [1.29, 1.82) is 0 Å². The predicted octanol–water partition coefficient (Wildman–Crippen LogP) is 1.82. The van der Waals surface area contributed by atoms with Gasteiger partial charge in [-0.25, -0.2) is 0 Å². The lowest BCUT2D eigenvalue weighted by atomic mass is 10.1. The quantitative estimate of drug-likeness (QED) is 0.798. The zero-order valence-corrected chi connectivity index (χ0v) is 14.7. The Morgan fingerprint density at radius 2 is 1.81 bits per heavy atom. The Labute approximate surface area is 151 Å². The average Bonchev–Trinajstić information content (AvgIpc) is 3.02. The number of benzene rings is 2. The molecule has 1 heterocycles. The van der Waals surface area contributed by atoms with Gasteiger partial charge in [0.2, 0.25) is 5.91 Å². The van der Waals surface area contributed by atoms with Gasteiger partial charge in [0.15, 0.2) is 0 Å². The van der Waals surface area contributed by atoms with Crippen molar-refractivity contribution in [2.75, 3.05) is 31.4 Å². The van der Waals surface area contributed by atoms with Gasteiger partial charge in [-0.2, -0.15) is 0 Å². The molecule has 7 nitrogen and oxygen atoms in total. The first kappa shape index (κ1) is 17.6. The van der Waals surface area contributed by atoms with Crippen molar-refractivity contribution in [3.63, 3.8) is 0 Å². The third-order valence-electron chi connectivity index (χ3n) is 4.36. The molecule has 3 N–H and O–H groups in total. The molecule has 0 saturated carbocycles. The first-order chi connectivity index (χ1) is 12.5. The number of hydrogen-bond acceptors (Lipinski definition) is 5. The van der Waals surface area contributed by atoms with E-state index in [1.54, 1.807) is 61.6 Å². The normalized spacial score (nSPS) is 16.5. The molecule has 1 aliphatic rings. The number of rotatable bonds is 5. The van der Waals surface area contributed by atoms with Crippen LogP contribution in [0.25, 0.3) is 0 Å². The SMILES string of the molecule is COc1cc(OC)cc(N2CCC(NC(=O)c3ccccc3N)C2=O)c1. The van der Waals surface area contributed by atoms with Crippen molar-refractivity contribution in [2.24, 2.45) is 0 Å². The largest absolute Gasteiger partial charge is 0.497 e. The number of para-hydroxylation sites is 1. The van der Waals surface area contributed by atoms with E-state index in [-0.39, 0.29) is 11.8 Å². The Balaban J connectivity index is 1.76. The van der Waals surface area contributed by atoms with Gasteiger partial charge in [0.25, 0.3) is 5.91 Å². The number of carbonyl (C=O) groups is 2. The van der Waals surface area contributed by atoms with Crippen molar-refractivity contribution in [3.8, 4) is 11.5 Å². The van der Waals surface area contributed by atoms with Crippen molar-refractivity contribution in [2.45, 2.75) is 12.5 Å². The summed E-state index contributed by atoms with van der Waals surface area (Å²) in [6.45, 7) is 0.490. The molecular weight excluding hydrogens is 334 g/mol. The number of anilines is 2. The summed E-state index contributed by atoms with van der Waals surface area (Å²) in [7, 11) is 3.11. The van der Waals surface area contributed by atoms with Gasteiger partial charge in [-0.1, -0.05) is 12.1 Å². The number of nitrogens with two attached hydrogens (primary N) is 1. The Kier molecular flexibility index (Phi) is 4.97. The minimum absolute atomic E-state index is 0.178. The van der Waals surface area contributed by atoms with E-state index in [1.165, 1.54) is 0 Å². The molecule has 136 valence electrons. The highest BCUT2D eigenvalue weighted by Gasteiger charge is 2.34. The van der Waals surface area contributed by atoms with Gasteiger partial charge in [0, 0.05) is 30.4 Å². The van der Waals surface area contributed by atoms with Gasteiger partial charge < -0.3 is 25.4 Å². The summed E-state index contributed by atoms with van der Waals surface area (Å²) < 4.78 is 10.5. The highest BCUT2D eigenvalue weighted by Crippen LogP contribution is 2.31. The summed E-state index contributed by atoms with van der Waals surface area (Å²) in [6.07, 6.45) is 0.511. The number of methoxy groups -OCH3 is 2. The summed E-state index contributed by atoms with van der Waals surface area (Å²) in [6, 6.07) is 11.4. The standard InChI is InChI=1S/C19H21N3O4/c1-25-13-9-12(10-14(11-13)26-2)22-8-7-17(19(22)24)21-18(23)15-5-3-4-6-16(15)20/h3-6,9-11,17H,7-8,20H2,1-2H3,(H,21,23). The number of nitrogen functional groups attached to an aromatic ring is 1. The molecule has 0 bridgehead atoms. The van der Waals surface area contributed by atoms with Crippen molar-refractivity contribution >= 4 is 23.2 Å². The van der Waals surface area contributed by atoms with Crippen LogP contribution in [0.3, 0.4) is 0 Å². The molecule has 0 aliphatic carbocycles. The molecule has 0 aromatic heterocycles. The van der Waals surface area contributed by atoms with Gasteiger partial charge in [-0.3, -0.25) is 9.59 Å². The number of carbonyl (C=O) groups excluding carboxylic acids is 2. The van der Waals surface area contributed by atoms with Gasteiger partial charge in [-0.15, -0.1) is 0 Å². The van der Waals surface area contributed by atoms with E-state index in [4.69, 9.17) is 15.2 Å². The molecule has 1 atom stereocenters. The van der Waals surface area contributed by atoms with Crippen molar-refractivity contribution in [3.05, 3.63) is 48.0 Å². The van der Waals surface area contributed by atoms with Crippen LogP contribution in [0.1, 0.15) is 16.8 Å². The lowest BCUT2D eigenvalue weighted by Crippen LogP contribution is -2.41. The van der Waals surface area contributed by atoms with Gasteiger partial charge >= 0.3 is 0 Å². The van der Waals surface area contributed by atoms with Gasteiger partial charge in [0.1, 0.15) is 17.5 Å². The second-order valence-corrected chi connectivity index (χ2v) is 5.96. The summed E-state index contributed by atoms with van der Waals surface area (Å²) in [5, 5.41) is 2.77. The minimum Gasteiger partial charge on any atom is -0.497 e. The molecule has 7 heteroatoms. The number of nitrogens with zero attached hydrogens (tertiary/aromatic N) is 1. The maximum Gasteiger partial charge on any atom is 0.254 e. The second kappa shape index (κ2) is 7.35.